The first kappa shape index (κ1) is 14.8. The van der Waals surface area contributed by atoms with Crippen LogP contribution >= 0.6 is 11.6 Å². The maximum Gasteiger partial charge on any atom is 0.244 e. The van der Waals surface area contributed by atoms with Gasteiger partial charge in [0.15, 0.2) is 11.5 Å². The molecule has 0 bridgehead atoms. The van der Waals surface area contributed by atoms with Crippen molar-refractivity contribution >= 4 is 21.6 Å². The highest BCUT2D eigenvalue weighted by atomic mass is 35.5. The van der Waals surface area contributed by atoms with E-state index in [0.29, 0.717) is 25.3 Å². The zero-order chi connectivity index (χ0) is 16.0. The van der Waals surface area contributed by atoms with Gasteiger partial charge in [-0.05, 0) is 41.8 Å². The second kappa shape index (κ2) is 5.40. The highest BCUT2D eigenvalue weighted by Gasteiger charge is 2.31. The number of hydrogen-bond donors (Lipinski definition) is 0. The minimum absolute atomic E-state index is 0.144. The van der Waals surface area contributed by atoms with Gasteiger partial charge in [-0.3, -0.25) is 0 Å². The van der Waals surface area contributed by atoms with Crippen LogP contribution in [0.25, 0.3) is 0 Å². The van der Waals surface area contributed by atoms with Crippen molar-refractivity contribution in [1.82, 2.24) is 4.31 Å². The van der Waals surface area contributed by atoms with Crippen molar-refractivity contribution in [3.05, 3.63) is 52.5 Å². The monoisotopic (exact) mass is 351 g/mol. The molecule has 0 saturated carbocycles. The zero-order valence-electron chi connectivity index (χ0n) is 12.2. The Balaban J connectivity index is 1.69. The Labute approximate surface area is 139 Å². The first-order valence-corrected chi connectivity index (χ1v) is 9.03. The fourth-order valence-electron chi connectivity index (χ4n) is 2.92. The average Bonchev–Trinajstić information content (AvgIpc) is 2.99. The molecule has 2 aromatic rings. The molecule has 0 N–H and O–H groups in total. The van der Waals surface area contributed by atoms with E-state index in [1.807, 2.05) is 12.1 Å². The van der Waals surface area contributed by atoms with Crippen LogP contribution in [-0.4, -0.2) is 26.1 Å². The van der Waals surface area contributed by atoms with Gasteiger partial charge in [-0.1, -0.05) is 23.7 Å². The van der Waals surface area contributed by atoms with Crippen LogP contribution < -0.4 is 9.47 Å². The highest BCUT2D eigenvalue weighted by Crippen LogP contribution is 2.38. The summed E-state index contributed by atoms with van der Waals surface area (Å²) in [4.78, 5) is 0.144. The van der Waals surface area contributed by atoms with Crippen molar-refractivity contribution in [2.45, 2.75) is 17.9 Å². The minimum atomic E-state index is -3.62. The lowest BCUT2D eigenvalue weighted by Gasteiger charge is -2.28. The lowest BCUT2D eigenvalue weighted by Crippen LogP contribution is -2.36. The molecule has 0 radical (unpaired) electrons. The summed E-state index contributed by atoms with van der Waals surface area (Å²) in [7, 11) is -3.62. The van der Waals surface area contributed by atoms with Gasteiger partial charge in [0.1, 0.15) is 4.90 Å². The molecule has 2 aliphatic heterocycles. The van der Waals surface area contributed by atoms with Crippen molar-refractivity contribution in [2.24, 2.45) is 0 Å². The van der Waals surface area contributed by atoms with Gasteiger partial charge in [-0.25, -0.2) is 8.42 Å². The van der Waals surface area contributed by atoms with Crippen molar-refractivity contribution in [3.63, 3.8) is 0 Å². The Kier molecular flexibility index (Phi) is 3.48. The maximum absolute atomic E-state index is 12.8. The number of rotatable bonds is 2. The predicted molar refractivity (Wildman–Crippen MR) is 85.3 cm³/mol. The zero-order valence-corrected chi connectivity index (χ0v) is 13.7. The van der Waals surface area contributed by atoms with Crippen LogP contribution in [0.15, 0.2) is 41.3 Å². The Morgan fingerprint density at radius 3 is 2.48 bits per heavy atom. The molecule has 23 heavy (non-hydrogen) atoms. The lowest BCUT2D eigenvalue weighted by atomic mass is 10.0. The second-order valence-electron chi connectivity index (χ2n) is 5.49. The number of nitrogens with zero attached hydrogens (tertiary/aromatic N) is 1. The summed E-state index contributed by atoms with van der Waals surface area (Å²) in [5.41, 5.74) is 2.04. The topological polar surface area (TPSA) is 55.8 Å². The molecule has 7 heteroatoms. The molecule has 0 amide bonds. The molecule has 120 valence electrons. The van der Waals surface area contributed by atoms with Crippen molar-refractivity contribution in [2.75, 3.05) is 13.3 Å². The summed E-state index contributed by atoms with van der Waals surface area (Å²) in [6, 6.07) is 10.3. The number of fused-ring (bicyclic) bond motifs is 2. The molecular formula is C16H14ClNO4S. The molecule has 5 nitrogen and oxygen atoms in total. The van der Waals surface area contributed by atoms with E-state index in [-0.39, 0.29) is 16.7 Å². The Hall–Kier alpha value is -1.76. The van der Waals surface area contributed by atoms with E-state index in [0.717, 1.165) is 16.9 Å². The van der Waals surface area contributed by atoms with Crippen molar-refractivity contribution < 1.29 is 17.9 Å². The molecule has 0 aromatic heterocycles. The normalized spacial score (nSPS) is 17.1. The number of halogens is 1. The van der Waals surface area contributed by atoms with Crippen LogP contribution in [-0.2, 0) is 23.0 Å². The van der Waals surface area contributed by atoms with Crippen LogP contribution in [0.5, 0.6) is 11.5 Å². The molecule has 0 spiro atoms. The summed E-state index contributed by atoms with van der Waals surface area (Å²) < 4.78 is 37.9. The maximum atomic E-state index is 12.8. The van der Waals surface area contributed by atoms with Gasteiger partial charge in [-0.15, -0.1) is 0 Å². The van der Waals surface area contributed by atoms with Crippen molar-refractivity contribution in [3.8, 4) is 11.5 Å². The summed E-state index contributed by atoms with van der Waals surface area (Å²) in [5, 5.41) is 0.240. The number of benzene rings is 2. The standard InChI is InChI=1S/C16H14ClNO4S/c17-13-3-1-2-4-16(13)23(19,20)18-6-5-11-7-14-15(22-10-21-14)8-12(11)9-18/h1-4,7-8H,5-6,9-10H2. The van der Waals surface area contributed by atoms with Gasteiger partial charge >= 0.3 is 0 Å². The molecule has 0 saturated heterocycles. The van der Waals surface area contributed by atoms with Crippen LogP contribution in [0.3, 0.4) is 0 Å². The van der Waals surface area contributed by atoms with E-state index in [9.17, 15) is 8.42 Å². The molecule has 0 unspecified atom stereocenters. The molecule has 2 aliphatic rings. The Bertz CT molecular complexity index is 882. The van der Waals surface area contributed by atoms with E-state index in [1.54, 1.807) is 18.2 Å². The van der Waals surface area contributed by atoms with Crippen LogP contribution in [0, 0.1) is 0 Å². The number of sulfonamides is 1. The van der Waals surface area contributed by atoms with Crippen LogP contribution in [0.2, 0.25) is 5.02 Å². The lowest BCUT2D eigenvalue weighted by molar-refractivity contribution is 0.174. The summed E-state index contributed by atoms with van der Waals surface area (Å²) in [5.74, 6) is 1.40. The van der Waals surface area contributed by atoms with Gasteiger partial charge < -0.3 is 9.47 Å². The van der Waals surface area contributed by atoms with Crippen molar-refractivity contribution in [1.29, 1.82) is 0 Å². The van der Waals surface area contributed by atoms with Crippen LogP contribution in [0.4, 0.5) is 0 Å². The minimum Gasteiger partial charge on any atom is -0.454 e. The summed E-state index contributed by atoms with van der Waals surface area (Å²) in [6.07, 6.45) is 0.635. The Morgan fingerprint density at radius 1 is 1.04 bits per heavy atom. The molecule has 4 rings (SSSR count). The predicted octanol–water partition coefficient (Wildman–Crippen LogP) is 2.82. The molecule has 0 fully saturated rings. The van der Waals surface area contributed by atoms with Gasteiger partial charge in [0, 0.05) is 13.1 Å². The third kappa shape index (κ3) is 2.47. The fraction of sp³-hybridized carbons (Fsp3) is 0.250. The van der Waals surface area contributed by atoms with E-state index in [1.165, 1.54) is 10.4 Å². The first-order chi connectivity index (χ1) is 11.1. The third-order valence-corrected chi connectivity index (χ3v) is 6.47. The Morgan fingerprint density at radius 2 is 1.74 bits per heavy atom. The highest BCUT2D eigenvalue weighted by molar-refractivity contribution is 7.89. The smallest absolute Gasteiger partial charge is 0.244 e. The van der Waals surface area contributed by atoms with Gasteiger partial charge in [0.05, 0.1) is 5.02 Å². The quantitative estimate of drug-likeness (QED) is 0.834. The number of ether oxygens (including phenoxy) is 2. The fourth-order valence-corrected chi connectivity index (χ4v) is 4.83. The van der Waals surface area contributed by atoms with E-state index in [2.05, 4.69) is 0 Å². The molecule has 2 heterocycles. The largest absolute Gasteiger partial charge is 0.454 e. The van der Waals surface area contributed by atoms with Crippen LogP contribution in [0.1, 0.15) is 11.1 Å². The SMILES string of the molecule is O=S(=O)(c1ccccc1Cl)N1CCc2cc3c(cc2C1)OCO3. The molecule has 0 atom stereocenters. The van der Waals surface area contributed by atoms with Gasteiger partial charge in [-0.2, -0.15) is 4.31 Å². The second-order valence-corrected chi connectivity index (χ2v) is 7.81. The first-order valence-electron chi connectivity index (χ1n) is 7.22. The van der Waals surface area contributed by atoms with E-state index < -0.39 is 10.0 Å². The van der Waals surface area contributed by atoms with E-state index >= 15 is 0 Å². The molecule has 0 aliphatic carbocycles. The number of hydrogen-bond acceptors (Lipinski definition) is 4. The van der Waals surface area contributed by atoms with E-state index in [4.69, 9.17) is 21.1 Å². The van der Waals surface area contributed by atoms with Gasteiger partial charge in [0.25, 0.3) is 0 Å². The molecule has 2 aromatic carbocycles. The summed E-state index contributed by atoms with van der Waals surface area (Å²) in [6.45, 7) is 0.930. The summed E-state index contributed by atoms with van der Waals surface area (Å²) >= 11 is 6.06. The average molecular weight is 352 g/mol. The third-order valence-electron chi connectivity index (χ3n) is 4.13. The van der Waals surface area contributed by atoms with Gasteiger partial charge in [0.2, 0.25) is 16.8 Å². The molecular weight excluding hydrogens is 338 g/mol.